The third-order valence-corrected chi connectivity index (χ3v) is 6.70. The van der Waals surface area contributed by atoms with Crippen molar-refractivity contribution < 1.29 is 17.6 Å². The van der Waals surface area contributed by atoms with Gasteiger partial charge in [-0.15, -0.1) is 0 Å². The maximum Gasteiger partial charge on any atom is 0.255 e. The molecule has 8 nitrogen and oxygen atoms in total. The highest BCUT2D eigenvalue weighted by Crippen LogP contribution is 2.23. The van der Waals surface area contributed by atoms with Gasteiger partial charge in [0.2, 0.25) is 10.0 Å². The summed E-state index contributed by atoms with van der Waals surface area (Å²) in [7, 11) is -2.26. The Bertz CT molecular complexity index is 1190. The van der Waals surface area contributed by atoms with Crippen molar-refractivity contribution in [2.45, 2.75) is 25.7 Å². The van der Waals surface area contributed by atoms with Gasteiger partial charge in [-0.1, -0.05) is 13.8 Å². The molecule has 0 fully saturated rings. The maximum atomic E-state index is 14.3. The number of anilines is 1. The van der Waals surface area contributed by atoms with E-state index in [9.17, 15) is 17.6 Å². The first-order chi connectivity index (χ1) is 13.7. The van der Waals surface area contributed by atoms with Crippen LogP contribution in [0.5, 0.6) is 0 Å². The Morgan fingerprint density at radius 1 is 1.24 bits per heavy atom. The van der Waals surface area contributed by atoms with E-state index in [-0.39, 0.29) is 18.7 Å². The molecule has 0 saturated carbocycles. The van der Waals surface area contributed by atoms with Gasteiger partial charge in [-0.2, -0.15) is 9.40 Å². The molecule has 0 bridgehead atoms. The van der Waals surface area contributed by atoms with Crippen LogP contribution >= 0.6 is 0 Å². The Morgan fingerprint density at radius 2 is 1.93 bits per heavy atom. The molecule has 3 aromatic rings. The van der Waals surface area contributed by atoms with Crippen LogP contribution in [0.4, 0.5) is 10.1 Å². The number of benzene rings is 1. The predicted molar refractivity (Wildman–Crippen MR) is 108 cm³/mol. The van der Waals surface area contributed by atoms with Crippen molar-refractivity contribution in [3.05, 3.63) is 47.5 Å². The molecule has 0 aliphatic heterocycles. The molecular formula is C19H22FN5O3S. The fraction of sp³-hybridized carbons (Fsp3) is 0.316. The number of halogens is 1. The molecule has 1 aromatic carbocycles. The molecule has 0 unspecified atom stereocenters. The van der Waals surface area contributed by atoms with Crippen LogP contribution in [-0.4, -0.2) is 46.5 Å². The van der Waals surface area contributed by atoms with Gasteiger partial charge in [0.15, 0.2) is 5.65 Å². The minimum atomic E-state index is -4.04. The quantitative estimate of drug-likeness (QED) is 0.663. The lowest BCUT2D eigenvalue weighted by atomic mass is 10.2. The maximum absolute atomic E-state index is 14.3. The molecule has 154 valence electrons. The third kappa shape index (κ3) is 3.85. The highest BCUT2D eigenvalue weighted by atomic mass is 32.2. The zero-order valence-corrected chi connectivity index (χ0v) is 17.4. The zero-order chi connectivity index (χ0) is 21.3. The van der Waals surface area contributed by atoms with Gasteiger partial charge in [0, 0.05) is 31.1 Å². The second kappa shape index (κ2) is 7.88. The van der Waals surface area contributed by atoms with Gasteiger partial charge in [-0.25, -0.2) is 17.8 Å². The molecule has 0 aliphatic rings. The smallest absolute Gasteiger partial charge is 0.255 e. The van der Waals surface area contributed by atoms with Crippen molar-refractivity contribution in [1.29, 1.82) is 0 Å². The van der Waals surface area contributed by atoms with Gasteiger partial charge in [0.1, 0.15) is 10.7 Å². The molecule has 3 rings (SSSR count). The second-order valence-electron chi connectivity index (χ2n) is 6.49. The van der Waals surface area contributed by atoms with Crippen LogP contribution < -0.4 is 5.32 Å². The minimum Gasteiger partial charge on any atom is -0.321 e. The number of aryl methyl sites for hydroxylation is 2. The van der Waals surface area contributed by atoms with Crippen LogP contribution in [0.3, 0.4) is 0 Å². The summed E-state index contributed by atoms with van der Waals surface area (Å²) in [6, 6.07) is 5.02. The number of amides is 1. The van der Waals surface area contributed by atoms with E-state index in [1.807, 2.05) is 6.92 Å². The number of rotatable bonds is 6. The number of nitrogens with zero attached hydrogens (tertiary/aromatic N) is 4. The highest BCUT2D eigenvalue weighted by Gasteiger charge is 2.26. The van der Waals surface area contributed by atoms with Gasteiger partial charge in [-0.05, 0) is 31.2 Å². The molecule has 0 aliphatic carbocycles. The van der Waals surface area contributed by atoms with E-state index in [1.165, 1.54) is 12.3 Å². The first-order valence-electron chi connectivity index (χ1n) is 9.09. The number of aromatic nitrogens is 3. The van der Waals surface area contributed by atoms with Crippen LogP contribution in [0.15, 0.2) is 35.4 Å². The normalized spacial score (nSPS) is 11.9. The number of hydrogen-bond donors (Lipinski definition) is 1. The highest BCUT2D eigenvalue weighted by molar-refractivity contribution is 7.89. The molecule has 10 heteroatoms. The van der Waals surface area contributed by atoms with Crippen molar-refractivity contribution in [2.75, 3.05) is 18.4 Å². The second-order valence-corrected chi connectivity index (χ2v) is 8.40. The summed E-state index contributed by atoms with van der Waals surface area (Å²) in [4.78, 5) is 16.4. The summed E-state index contributed by atoms with van der Waals surface area (Å²) in [5, 5.41) is 7.74. The lowest BCUT2D eigenvalue weighted by Crippen LogP contribution is -2.31. The average Bonchev–Trinajstić information content (AvgIpc) is 2.96. The molecule has 0 radical (unpaired) electrons. The van der Waals surface area contributed by atoms with Gasteiger partial charge in [-0.3, -0.25) is 9.48 Å². The van der Waals surface area contributed by atoms with Crippen molar-refractivity contribution >= 4 is 32.7 Å². The summed E-state index contributed by atoms with van der Waals surface area (Å²) in [6.45, 7) is 5.56. The van der Waals surface area contributed by atoms with Crippen molar-refractivity contribution in [3.63, 3.8) is 0 Å². The van der Waals surface area contributed by atoms with E-state index in [0.717, 1.165) is 27.5 Å². The number of nitrogens with one attached hydrogen (secondary N) is 1. The Morgan fingerprint density at radius 3 is 2.59 bits per heavy atom. The van der Waals surface area contributed by atoms with Gasteiger partial charge >= 0.3 is 0 Å². The topological polar surface area (TPSA) is 97.2 Å². The monoisotopic (exact) mass is 419 g/mol. The summed E-state index contributed by atoms with van der Waals surface area (Å²) < 4.78 is 42.4. The molecule has 0 atom stereocenters. The lowest BCUT2D eigenvalue weighted by Gasteiger charge is -2.19. The van der Waals surface area contributed by atoms with Crippen LogP contribution in [0, 0.1) is 12.7 Å². The fourth-order valence-electron chi connectivity index (χ4n) is 3.12. The number of hydrogen-bond acceptors (Lipinski definition) is 5. The molecule has 29 heavy (non-hydrogen) atoms. The van der Waals surface area contributed by atoms with Gasteiger partial charge in [0.25, 0.3) is 5.91 Å². The van der Waals surface area contributed by atoms with Crippen LogP contribution in [0.1, 0.15) is 29.9 Å². The number of fused-ring (bicyclic) bond motifs is 1. The lowest BCUT2D eigenvalue weighted by molar-refractivity contribution is 0.102. The Hall–Kier alpha value is -2.85. The third-order valence-electron chi connectivity index (χ3n) is 4.64. The van der Waals surface area contributed by atoms with E-state index < -0.39 is 26.6 Å². The summed E-state index contributed by atoms with van der Waals surface area (Å²) in [6.07, 6.45) is 1.48. The van der Waals surface area contributed by atoms with Gasteiger partial charge < -0.3 is 5.32 Å². The number of carbonyl (C=O) groups is 1. The molecule has 2 aromatic heterocycles. The van der Waals surface area contributed by atoms with Crippen molar-refractivity contribution in [1.82, 2.24) is 19.1 Å². The molecule has 0 spiro atoms. The predicted octanol–water partition coefficient (Wildman–Crippen LogP) is 2.70. The molecule has 1 amide bonds. The SMILES string of the molecule is CCN(CC)S(=O)(=O)c1cc(C(=O)Nc2cnc3c(c2)c(C)nn3C)ccc1F. The van der Waals surface area contributed by atoms with E-state index in [4.69, 9.17) is 0 Å². The standard InChI is InChI=1S/C19H22FN5O3S/c1-5-25(6-2)29(27,28)17-9-13(7-8-16(17)20)19(26)22-14-10-15-12(3)23-24(4)18(15)21-11-14/h7-11H,5-6H2,1-4H3,(H,22,26). The van der Waals surface area contributed by atoms with Crippen molar-refractivity contribution in [3.8, 4) is 0 Å². The van der Waals surface area contributed by atoms with Crippen LogP contribution in [0.2, 0.25) is 0 Å². The van der Waals surface area contributed by atoms with Crippen LogP contribution in [-0.2, 0) is 17.1 Å². The fourth-order valence-corrected chi connectivity index (χ4v) is 4.67. The minimum absolute atomic E-state index is 0.0279. The molecule has 0 saturated heterocycles. The molecule has 2 heterocycles. The van der Waals surface area contributed by atoms with Gasteiger partial charge in [0.05, 0.1) is 17.6 Å². The largest absolute Gasteiger partial charge is 0.321 e. The Kier molecular flexibility index (Phi) is 5.67. The van der Waals surface area contributed by atoms with E-state index in [0.29, 0.717) is 11.3 Å². The summed E-state index contributed by atoms with van der Waals surface area (Å²) in [5.41, 5.74) is 1.89. The average molecular weight is 419 g/mol. The van der Waals surface area contributed by atoms with E-state index in [1.54, 1.807) is 31.6 Å². The zero-order valence-electron chi connectivity index (χ0n) is 16.6. The molecular weight excluding hydrogens is 397 g/mol. The number of pyridine rings is 1. The number of sulfonamides is 1. The first kappa shape index (κ1) is 20.9. The summed E-state index contributed by atoms with van der Waals surface area (Å²) in [5.74, 6) is -1.47. The Balaban J connectivity index is 1.93. The number of carbonyl (C=O) groups excluding carboxylic acids is 1. The van der Waals surface area contributed by atoms with Crippen LogP contribution in [0.25, 0.3) is 11.0 Å². The Labute approximate surface area is 168 Å². The molecule has 1 N–H and O–H groups in total. The van der Waals surface area contributed by atoms with E-state index >= 15 is 0 Å². The first-order valence-corrected chi connectivity index (χ1v) is 10.5. The van der Waals surface area contributed by atoms with Crippen molar-refractivity contribution in [2.24, 2.45) is 7.05 Å². The van der Waals surface area contributed by atoms with E-state index in [2.05, 4.69) is 15.4 Å². The summed E-state index contributed by atoms with van der Waals surface area (Å²) >= 11 is 0.